The second-order valence-corrected chi connectivity index (χ2v) is 6.79. The fourth-order valence-corrected chi connectivity index (χ4v) is 2.95. The molecule has 4 amide bonds. The number of halogens is 2. The van der Waals surface area contributed by atoms with Crippen LogP contribution in [0.2, 0.25) is 5.02 Å². The molecule has 0 radical (unpaired) electrons. The van der Waals surface area contributed by atoms with Crippen LogP contribution in [0.3, 0.4) is 0 Å². The Balaban J connectivity index is 1.96. The maximum atomic E-state index is 13.7. The predicted molar refractivity (Wildman–Crippen MR) is 99.2 cm³/mol. The molecule has 2 N–H and O–H groups in total. The molecule has 28 heavy (non-hydrogen) atoms. The Kier molecular flexibility index (Phi) is 6.60. The highest BCUT2D eigenvalue weighted by atomic mass is 35.5. The summed E-state index contributed by atoms with van der Waals surface area (Å²) in [6, 6.07) is 3.00. The standard InChI is InChI=1S/C18H21ClFN3O5/c1-4-18(5-2)16(26)23(17(27)22-18)9-14(24)28-10(3)15(25)21-13-7-6-11(19)8-12(13)20/h6-8,10H,4-5,9H2,1-3H3,(H,21,25)(H,22,27)/t10-/m1/s1. The van der Waals surface area contributed by atoms with Crippen LogP contribution < -0.4 is 10.6 Å². The Morgan fingerprint density at radius 2 is 1.96 bits per heavy atom. The van der Waals surface area contributed by atoms with Crippen LogP contribution in [0, 0.1) is 5.82 Å². The van der Waals surface area contributed by atoms with Gasteiger partial charge in [0.2, 0.25) is 0 Å². The summed E-state index contributed by atoms with van der Waals surface area (Å²) in [4.78, 5) is 49.4. The summed E-state index contributed by atoms with van der Waals surface area (Å²) in [5.74, 6) is -2.97. The minimum absolute atomic E-state index is 0.123. The van der Waals surface area contributed by atoms with Gasteiger partial charge in [-0.1, -0.05) is 25.4 Å². The van der Waals surface area contributed by atoms with Gasteiger partial charge in [-0.25, -0.2) is 9.18 Å². The van der Waals surface area contributed by atoms with E-state index < -0.39 is 47.8 Å². The summed E-state index contributed by atoms with van der Waals surface area (Å²) in [7, 11) is 0. The number of carbonyl (C=O) groups excluding carboxylic acids is 4. The topological polar surface area (TPSA) is 105 Å². The second-order valence-electron chi connectivity index (χ2n) is 6.36. The van der Waals surface area contributed by atoms with Crippen LogP contribution in [0.5, 0.6) is 0 Å². The third-order valence-corrected chi connectivity index (χ3v) is 4.84. The molecule has 0 aromatic heterocycles. The van der Waals surface area contributed by atoms with E-state index in [0.29, 0.717) is 12.8 Å². The summed E-state index contributed by atoms with van der Waals surface area (Å²) in [5.41, 5.74) is -1.16. The first-order valence-corrected chi connectivity index (χ1v) is 9.10. The lowest BCUT2D eigenvalue weighted by molar-refractivity contribution is -0.155. The average Bonchev–Trinajstić information content (AvgIpc) is 2.88. The van der Waals surface area contributed by atoms with Crippen LogP contribution in [0.25, 0.3) is 0 Å². The second kappa shape index (κ2) is 8.55. The van der Waals surface area contributed by atoms with Crippen LogP contribution in [0.15, 0.2) is 18.2 Å². The normalized spacial score (nSPS) is 16.5. The lowest BCUT2D eigenvalue weighted by Crippen LogP contribution is -2.46. The highest BCUT2D eigenvalue weighted by Gasteiger charge is 2.49. The van der Waals surface area contributed by atoms with Gasteiger partial charge in [0.15, 0.2) is 6.10 Å². The van der Waals surface area contributed by atoms with Crippen molar-refractivity contribution in [3.8, 4) is 0 Å². The number of urea groups is 1. The molecule has 0 aliphatic carbocycles. The largest absolute Gasteiger partial charge is 0.451 e. The van der Waals surface area contributed by atoms with E-state index in [1.165, 1.54) is 19.1 Å². The molecule has 1 aromatic rings. The maximum absolute atomic E-state index is 13.7. The van der Waals surface area contributed by atoms with Crippen molar-refractivity contribution in [1.82, 2.24) is 10.2 Å². The first kappa shape index (κ1) is 21.6. The number of anilines is 1. The molecule has 0 unspecified atom stereocenters. The molecule has 1 aliphatic heterocycles. The molecule has 1 aromatic carbocycles. The number of benzene rings is 1. The first-order valence-electron chi connectivity index (χ1n) is 8.73. The van der Waals surface area contributed by atoms with E-state index in [1.807, 2.05) is 0 Å². The zero-order chi connectivity index (χ0) is 21.1. The highest BCUT2D eigenvalue weighted by Crippen LogP contribution is 2.25. The van der Waals surface area contributed by atoms with Gasteiger partial charge in [0.1, 0.15) is 17.9 Å². The molecule has 1 atom stereocenters. The SMILES string of the molecule is CCC1(CC)NC(=O)N(CC(=O)O[C@H](C)C(=O)Nc2ccc(Cl)cc2F)C1=O. The number of ether oxygens (including phenoxy) is 1. The van der Waals surface area contributed by atoms with Gasteiger partial charge in [-0.05, 0) is 38.0 Å². The van der Waals surface area contributed by atoms with E-state index in [0.717, 1.165) is 11.0 Å². The zero-order valence-electron chi connectivity index (χ0n) is 15.7. The lowest BCUT2D eigenvalue weighted by Gasteiger charge is -2.23. The van der Waals surface area contributed by atoms with Gasteiger partial charge in [-0.15, -0.1) is 0 Å². The predicted octanol–water partition coefficient (Wildman–Crippen LogP) is 2.46. The van der Waals surface area contributed by atoms with Gasteiger partial charge >= 0.3 is 12.0 Å². The quantitative estimate of drug-likeness (QED) is 0.527. The first-order chi connectivity index (χ1) is 13.1. The van der Waals surface area contributed by atoms with E-state index >= 15 is 0 Å². The van der Waals surface area contributed by atoms with Crippen molar-refractivity contribution in [2.24, 2.45) is 0 Å². The molecule has 152 valence electrons. The average molecular weight is 414 g/mol. The van der Waals surface area contributed by atoms with Crippen LogP contribution in [0.4, 0.5) is 14.9 Å². The molecule has 10 heteroatoms. The van der Waals surface area contributed by atoms with Gasteiger partial charge in [-0.3, -0.25) is 19.3 Å². The Bertz CT molecular complexity index is 812. The molecule has 1 aliphatic rings. The van der Waals surface area contributed by atoms with Crippen molar-refractivity contribution in [3.63, 3.8) is 0 Å². The Morgan fingerprint density at radius 1 is 1.32 bits per heavy atom. The van der Waals surface area contributed by atoms with Gasteiger partial charge in [-0.2, -0.15) is 0 Å². The molecule has 1 saturated heterocycles. The summed E-state index contributed by atoms with van der Waals surface area (Å²) in [6.45, 7) is 4.17. The molecule has 2 rings (SSSR count). The van der Waals surface area contributed by atoms with E-state index in [4.69, 9.17) is 16.3 Å². The number of nitrogens with zero attached hydrogens (tertiary/aromatic N) is 1. The van der Waals surface area contributed by atoms with Crippen LogP contribution in [-0.4, -0.2) is 46.9 Å². The Hall–Kier alpha value is -2.68. The molecule has 8 nitrogen and oxygen atoms in total. The minimum Gasteiger partial charge on any atom is -0.451 e. The van der Waals surface area contributed by atoms with Crippen LogP contribution >= 0.6 is 11.6 Å². The monoisotopic (exact) mass is 413 g/mol. The van der Waals surface area contributed by atoms with Gasteiger partial charge in [0.25, 0.3) is 11.8 Å². The van der Waals surface area contributed by atoms with Gasteiger partial charge in [0.05, 0.1) is 5.69 Å². The smallest absolute Gasteiger partial charge is 0.327 e. The van der Waals surface area contributed by atoms with E-state index in [2.05, 4.69) is 10.6 Å². The third-order valence-electron chi connectivity index (χ3n) is 4.61. The minimum atomic E-state index is -1.27. The van der Waals surface area contributed by atoms with Crippen LogP contribution in [0.1, 0.15) is 33.6 Å². The molecular formula is C18H21ClFN3O5. The summed E-state index contributed by atoms with van der Waals surface area (Å²) in [6.07, 6.45) is -0.513. The molecule has 1 heterocycles. The summed E-state index contributed by atoms with van der Waals surface area (Å²) < 4.78 is 18.7. The van der Waals surface area contributed by atoms with E-state index in [-0.39, 0.29) is 10.7 Å². The number of esters is 1. The van der Waals surface area contributed by atoms with Gasteiger partial charge < -0.3 is 15.4 Å². The van der Waals surface area contributed by atoms with Crippen molar-refractivity contribution in [2.75, 3.05) is 11.9 Å². The van der Waals surface area contributed by atoms with Crippen molar-refractivity contribution >= 4 is 41.1 Å². The Labute approximate surface area is 166 Å². The molecule has 1 fully saturated rings. The zero-order valence-corrected chi connectivity index (χ0v) is 16.4. The third kappa shape index (κ3) is 4.41. The number of amides is 4. The van der Waals surface area contributed by atoms with Crippen molar-refractivity contribution in [2.45, 2.75) is 45.3 Å². The number of imide groups is 1. The summed E-state index contributed by atoms with van der Waals surface area (Å²) >= 11 is 5.64. The summed E-state index contributed by atoms with van der Waals surface area (Å²) in [5, 5.41) is 5.03. The number of nitrogens with one attached hydrogen (secondary N) is 2. The molecule has 0 bridgehead atoms. The molecule has 0 saturated carbocycles. The fraction of sp³-hybridized carbons (Fsp3) is 0.444. The number of hydrogen-bond donors (Lipinski definition) is 2. The molecular weight excluding hydrogens is 393 g/mol. The fourth-order valence-electron chi connectivity index (χ4n) is 2.79. The number of carbonyl (C=O) groups is 4. The maximum Gasteiger partial charge on any atom is 0.327 e. The van der Waals surface area contributed by atoms with Crippen LogP contribution in [-0.2, 0) is 19.1 Å². The van der Waals surface area contributed by atoms with E-state index in [9.17, 15) is 23.6 Å². The Morgan fingerprint density at radius 3 is 2.50 bits per heavy atom. The van der Waals surface area contributed by atoms with Crippen molar-refractivity contribution in [1.29, 1.82) is 0 Å². The highest BCUT2D eigenvalue weighted by molar-refractivity contribution is 6.30. The van der Waals surface area contributed by atoms with E-state index in [1.54, 1.807) is 13.8 Å². The number of hydrogen-bond acceptors (Lipinski definition) is 5. The number of rotatable bonds is 7. The van der Waals surface area contributed by atoms with Crippen molar-refractivity contribution < 1.29 is 28.3 Å². The van der Waals surface area contributed by atoms with Crippen molar-refractivity contribution in [3.05, 3.63) is 29.0 Å². The lowest BCUT2D eigenvalue weighted by atomic mass is 9.93. The molecule has 0 spiro atoms. The van der Waals surface area contributed by atoms with Gasteiger partial charge in [0, 0.05) is 5.02 Å².